The van der Waals surface area contributed by atoms with Crippen LogP contribution in [0.25, 0.3) is 22.0 Å². The van der Waals surface area contributed by atoms with Crippen LogP contribution in [0.3, 0.4) is 0 Å². The van der Waals surface area contributed by atoms with Gasteiger partial charge in [0.05, 0.1) is 5.52 Å². The topological polar surface area (TPSA) is 67.2 Å². The van der Waals surface area contributed by atoms with Crippen LogP contribution in [0.5, 0.6) is 0 Å². The summed E-state index contributed by atoms with van der Waals surface area (Å²) in [7, 11) is 0. The molecule has 6 nitrogen and oxygen atoms in total. The van der Waals surface area contributed by atoms with Gasteiger partial charge in [-0.1, -0.05) is 24.3 Å². The molecule has 1 fully saturated rings. The van der Waals surface area contributed by atoms with E-state index in [9.17, 15) is 9.59 Å². The molecule has 2 aliphatic heterocycles. The number of carbonyl (C=O) groups is 2. The lowest BCUT2D eigenvalue weighted by Crippen LogP contribution is -2.34. The Balaban J connectivity index is 1.61. The zero-order valence-electron chi connectivity index (χ0n) is 14.9. The maximum atomic E-state index is 12.7. The van der Waals surface area contributed by atoms with Crippen molar-refractivity contribution >= 4 is 22.7 Å². The molecular weight excluding hydrogens is 340 g/mol. The highest BCUT2D eigenvalue weighted by Gasteiger charge is 2.22. The summed E-state index contributed by atoms with van der Waals surface area (Å²) in [5.41, 5.74) is 3.84. The van der Waals surface area contributed by atoms with Crippen molar-refractivity contribution in [2.24, 2.45) is 0 Å². The van der Waals surface area contributed by atoms with Crippen LogP contribution >= 0.6 is 0 Å². The predicted molar refractivity (Wildman–Crippen MR) is 103 cm³/mol. The SMILES string of the molecule is O=C1NCCn2cc(-c3cccc4ccc(C(=O)N5CCCC5)nc34)cc21. The summed E-state index contributed by atoms with van der Waals surface area (Å²) < 4.78 is 1.98. The normalized spacial score (nSPS) is 16.4. The van der Waals surface area contributed by atoms with Gasteiger partial charge < -0.3 is 14.8 Å². The van der Waals surface area contributed by atoms with Crippen LogP contribution in [-0.2, 0) is 6.54 Å². The van der Waals surface area contributed by atoms with E-state index >= 15 is 0 Å². The van der Waals surface area contributed by atoms with Gasteiger partial charge in [-0.15, -0.1) is 0 Å². The number of rotatable bonds is 2. The van der Waals surface area contributed by atoms with Crippen LogP contribution in [0, 0.1) is 0 Å². The number of aromatic nitrogens is 2. The van der Waals surface area contributed by atoms with Gasteiger partial charge in [-0.2, -0.15) is 0 Å². The lowest BCUT2D eigenvalue weighted by atomic mass is 10.0. The Kier molecular flexibility index (Phi) is 3.70. The van der Waals surface area contributed by atoms with E-state index in [2.05, 4.69) is 5.32 Å². The molecule has 2 aromatic heterocycles. The molecule has 6 heteroatoms. The summed E-state index contributed by atoms with van der Waals surface area (Å²) >= 11 is 0. The molecule has 0 aliphatic carbocycles. The fraction of sp³-hybridized carbons (Fsp3) is 0.286. The lowest BCUT2D eigenvalue weighted by Gasteiger charge is -2.15. The van der Waals surface area contributed by atoms with Crippen LogP contribution in [-0.4, -0.2) is 45.9 Å². The first kappa shape index (κ1) is 16.1. The lowest BCUT2D eigenvalue weighted by molar-refractivity contribution is 0.0787. The molecule has 5 rings (SSSR count). The van der Waals surface area contributed by atoms with Crippen LogP contribution in [0.1, 0.15) is 33.8 Å². The van der Waals surface area contributed by atoms with Crippen molar-refractivity contribution < 1.29 is 9.59 Å². The number of hydrogen-bond donors (Lipinski definition) is 1. The molecule has 1 N–H and O–H groups in total. The van der Waals surface area contributed by atoms with E-state index in [0.29, 0.717) is 17.9 Å². The molecule has 27 heavy (non-hydrogen) atoms. The monoisotopic (exact) mass is 360 g/mol. The Morgan fingerprint density at radius 3 is 2.74 bits per heavy atom. The van der Waals surface area contributed by atoms with Crippen LogP contribution in [0.2, 0.25) is 0 Å². The third-order valence-corrected chi connectivity index (χ3v) is 5.41. The Morgan fingerprint density at radius 1 is 1.07 bits per heavy atom. The predicted octanol–water partition coefficient (Wildman–Crippen LogP) is 2.68. The van der Waals surface area contributed by atoms with Gasteiger partial charge in [-0.3, -0.25) is 9.59 Å². The van der Waals surface area contributed by atoms with Crippen LogP contribution < -0.4 is 5.32 Å². The molecule has 0 saturated carbocycles. The second-order valence-electron chi connectivity index (χ2n) is 7.14. The first-order valence-electron chi connectivity index (χ1n) is 9.38. The molecule has 0 atom stereocenters. The summed E-state index contributed by atoms with van der Waals surface area (Å²) in [6, 6.07) is 11.7. The standard InChI is InChI=1S/C21H20N4O2/c26-20-18-12-15(13-25(18)11-8-22-20)16-5-3-4-14-6-7-17(23-19(14)16)21(27)24-9-1-2-10-24/h3-7,12-13H,1-2,8-11H2,(H,22,26). The minimum atomic E-state index is -0.0504. The van der Waals surface area contributed by atoms with Crippen molar-refractivity contribution in [3.05, 3.63) is 54.0 Å². The van der Waals surface area contributed by atoms with E-state index in [1.54, 1.807) is 0 Å². The van der Waals surface area contributed by atoms with Gasteiger partial charge in [-0.05, 0) is 25.0 Å². The number of carbonyl (C=O) groups excluding carboxylic acids is 2. The van der Waals surface area contributed by atoms with Gasteiger partial charge in [0.15, 0.2) is 0 Å². The van der Waals surface area contributed by atoms with Crippen molar-refractivity contribution in [1.29, 1.82) is 0 Å². The summed E-state index contributed by atoms with van der Waals surface area (Å²) in [6.45, 7) is 3.02. The third kappa shape index (κ3) is 2.68. The van der Waals surface area contributed by atoms with Crippen molar-refractivity contribution in [1.82, 2.24) is 19.8 Å². The Labute approximate surface area is 156 Å². The molecule has 136 valence electrons. The van der Waals surface area contributed by atoms with Crippen molar-refractivity contribution in [2.45, 2.75) is 19.4 Å². The number of benzene rings is 1. The maximum absolute atomic E-state index is 12.7. The second kappa shape index (κ2) is 6.23. The first-order valence-corrected chi connectivity index (χ1v) is 9.38. The quantitative estimate of drug-likeness (QED) is 0.764. The molecule has 2 aliphatic rings. The van der Waals surface area contributed by atoms with Gasteiger partial charge >= 0.3 is 0 Å². The summed E-state index contributed by atoms with van der Waals surface area (Å²) in [5.74, 6) is -0.0506. The van der Waals surface area contributed by atoms with E-state index in [4.69, 9.17) is 4.98 Å². The summed E-state index contributed by atoms with van der Waals surface area (Å²) in [6.07, 6.45) is 4.12. The van der Waals surface area contributed by atoms with E-state index in [1.165, 1.54) is 0 Å². The first-order chi connectivity index (χ1) is 13.2. The Bertz CT molecular complexity index is 1060. The minimum absolute atomic E-state index is 0.000226. The number of para-hydroxylation sites is 1. The molecule has 0 spiro atoms. The van der Waals surface area contributed by atoms with Gasteiger partial charge in [0, 0.05) is 48.9 Å². The minimum Gasteiger partial charge on any atom is -0.349 e. The molecule has 2 amide bonds. The van der Waals surface area contributed by atoms with Gasteiger partial charge in [0.2, 0.25) is 0 Å². The largest absolute Gasteiger partial charge is 0.349 e. The summed E-state index contributed by atoms with van der Waals surface area (Å²) in [5, 5.41) is 3.86. The molecule has 0 unspecified atom stereocenters. The Hall–Kier alpha value is -3.15. The molecule has 1 saturated heterocycles. The molecule has 4 heterocycles. The van der Waals surface area contributed by atoms with Crippen molar-refractivity contribution in [2.75, 3.05) is 19.6 Å². The second-order valence-corrected chi connectivity index (χ2v) is 7.14. The Morgan fingerprint density at radius 2 is 1.93 bits per heavy atom. The highest BCUT2D eigenvalue weighted by molar-refractivity contribution is 6.00. The smallest absolute Gasteiger partial charge is 0.272 e. The zero-order valence-corrected chi connectivity index (χ0v) is 14.9. The highest BCUT2D eigenvalue weighted by Crippen LogP contribution is 2.30. The van der Waals surface area contributed by atoms with E-state index in [0.717, 1.165) is 54.5 Å². The average molecular weight is 360 g/mol. The van der Waals surface area contributed by atoms with E-state index in [1.807, 2.05) is 52.1 Å². The number of nitrogens with zero attached hydrogens (tertiary/aromatic N) is 3. The van der Waals surface area contributed by atoms with Crippen molar-refractivity contribution in [3.63, 3.8) is 0 Å². The van der Waals surface area contributed by atoms with Gasteiger partial charge in [-0.25, -0.2) is 4.98 Å². The summed E-state index contributed by atoms with van der Waals surface area (Å²) in [4.78, 5) is 31.4. The van der Waals surface area contributed by atoms with Crippen LogP contribution in [0.15, 0.2) is 42.6 Å². The van der Waals surface area contributed by atoms with Crippen molar-refractivity contribution in [3.8, 4) is 11.1 Å². The van der Waals surface area contributed by atoms with E-state index in [-0.39, 0.29) is 11.8 Å². The number of likely N-dealkylation sites (tertiary alicyclic amines) is 1. The number of amides is 2. The number of nitrogens with one attached hydrogen (secondary N) is 1. The molecule has 0 radical (unpaired) electrons. The van der Waals surface area contributed by atoms with E-state index < -0.39 is 0 Å². The van der Waals surface area contributed by atoms with Gasteiger partial charge in [0.25, 0.3) is 11.8 Å². The van der Waals surface area contributed by atoms with Gasteiger partial charge in [0.1, 0.15) is 11.4 Å². The molecule has 1 aromatic carbocycles. The number of hydrogen-bond acceptors (Lipinski definition) is 3. The average Bonchev–Trinajstić information content (AvgIpc) is 3.37. The number of fused-ring (bicyclic) bond motifs is 2. The highest BCUT2D eigenvalue weighted by atomic mass is 16.2. The molecule has 3 aromatic rings. The number of pyridine rings is 1. The maximum Gasteiger partial charge on any atom is 0.272 e. The zero-order chi connectivity index (χ0) is 18.4. The molecular formula is C21H20N4O2. The van der Waals surface area contributed by atoms with Crippen LogP contribution in [0.4, 0.5) is 0 Å². The fourth-order valence-electron chi connectivity index (χ4n) is 3.99. The molecule has 0 bridgehead atoms. The third-order valence-electron chi connectivity index (χ3n) is 5.41. The fourth-order valence-corrected chi connectivity index (χ4v) is 3.99.